The Labute approximate surface area is 218 Å². The summed E-state index contributed by atoms with van der Waals surface area (Å²) < 4.78 is 20.6. The van der Waals surface area contributed by atoms with Crippen LogP contribution >= 0.6 is 0 Å². The number of rotatable bonds is 6. The van der Waals surface area contributed by atoms with Crippen LogP contribution in [0.5, 0.6) is 0 Å². The first-order valence-electron chi connectivity index (χ1n) is 11.7. The van der Waals surface area contributed by atoms with Gasteiger partial charge in [-0.05, 0) is 55.8 Å². The highest BCUT2D eigenvalue weighted by atomic mass is 19.1. The van der Waals surface area contributed by atoms with Crippen molar-refractivity contribution in [2.45, 2.75) is 20.3 Å². The van der Waals surface area contributed by atoms with E-state index in [9.17, 15) is 9.59 Å². The van der Waals surface area contributed by atoms with E-state index in [0.29, 0.717) is 49.8 Å². The van der Waals surface area contributed by atoms with Crippen LogP contribution in [0.1, 0.15) is 28.5 Å². The van der Waals surface area contributed by atoms with Gasteiger partial charge in [0, 0.05) is 41.3 Å². The first-order valence-corrected chi connectivity index (χ1v) is 11.7. The lowest BCUT2D eigenvalue weighted by molar-refractivity contribution is -0.191. The molecule has 0 bridgehead atoms. The number of urea groups is 1. The van der Waals surface area contributed by atoms with Gasteiger partial charge in [-0.15, -0.1) is 0 Å². The molecule has 0 radical (unpaired) electrons. The number of hydrogen-bond donors (Lipinski definition) is 3. The van der Waals surface area contributed by atoms with Gasteiger partial charge < -0.3 is 26.0 Å². The lowest BCUT2D eigenvalue weighted by Crippen LogP contribution is -2.37. The highest BCUT2D eigenvalue weighted by Crippen LogP contribution is 2.28. The monoisotopic (exact) mass is 522 g/mol. The summed E-state index contributed by atoms with van der Waals surface area (Å²) in [6.07, 6.45) is 0.945. The van der Waals surface area contributed by atoms with Gasteiger partial charge >= 0.3 is 12.2 Å². The smallest absolute Gasteiger partial charge is 0.373 e. The summed E-state index contributed by atoms with van der Waals surface area (Å²) in [5, 5.41) is 5.22. The summed E-state index contributed by atoms with van der Waals surface area (Å²) in [6, 6.07) is 9.93. The van der Waals surface area contributed by atoms with Gasteiger partial charge in [0.2, 0.25) is 5.91 Å². The molecule has 1 aliphatic heterocycles. The number of primary amides is 1. The second-order valence-corrected chi connectivity index (χ2v) is 8.19. The molecule has 0 spiro atoms. The number of amides is 3. The molecule has 3 amide bonds. The second kappa shape index (κ2) is 13.0. The van der Waals surface area contributed by atoms with Gasteiger partial charge in [0.05, 0.1) is 18.8 Å². The summed E-state index contributed by atoms with van der Waals surface area (Å²) in [5.74, 6) is -0.0137. The van der Waals surface area contributed by atoms with Crippen molar-refractivity contribution in [3.8, 4) is 11.4 Å². The first kappa shape index (κ1) is 27.9. The molecule has 2 heterocycles. The molecule has 1 aliphatic rings. The number of aromatic nitrogens is 2. The summed E-state index contributed by atoms with van der Waals surface area (Å²) in [6.45, 7) is 6.65. The van der Waals surface area contributed by atoms with E-state index in [2.05, 4.69) is 25.5 Å². The molecule has 1 fully saturated rings. The normalized spacial score (nSPS) is 12.6. The van der Waals surface area contributed by atoms with Crippen molar-refractivity contribution in [3.63, 3.8) is 0 Å². The molecule has 0 unspecified atom stereocenters. The molecule has 11 nitrogen and oxygen atoms in total. The third-order valence-electron chi connectivity index (χ3n) is 5.76. The number of carbonyl (C=O) groups excluding carboxylic acids is 4. The van der Waals surface area contributed by atoms with Crippen molar-refractivity contribution < 1.29 is 28.3 Å². The zero-order valence-corrected chi connectivity index (χ0v) is 20.9. The van der Waals surface area contributed by atoms with Crippen molar-refractivity contribution in [2.75, 3.05) is 41.8 Å². The fourth-order valence-electron chi connectivity index (χ4n) is 3.88. The maximum Gasteiger partial charge on any atom is 0.373 e. The zero-order valence-electron chi connectivity index (χ0n) is 20.9. The van der Waals surface area contributed by atoms with Crippen LogP contribution in [0, 0.1) is 12.7 Å². The average Bonchev–Trinajstić information content (AvgIpc) is 2.90. The number of carbonyl (C=O) groups is 2. The summed E-state index contributed by atoms with van der Waals surface area (Å²) in [7, 11) is 0. The van der Waals surface area contributed by atoms with Crippen molar-refractivity contribution in [1.29, 1.82) is 0 Å². The van der Waals surface area contributed by atoms with Crippen molar-refractivity contribution >= 4 is 35.3 Å². The Bertz CT molecular complexity index is 1340. The molecule has 0 aliphatic carbocycles. The predicted molar refractivity (Wildman–Crippen MR) is 137 cm³/mol. The SMILES string of the molecule is CCc1nc(-c2ccc(NC(=O)Nc3ccc(C(N)=O)cc3)cc2F)nc(N2CCOCC2)c1C.O=C=O. The second-order valence-electron chi connectivity index (χ2n) is 8.19. The molecule has 4 N–H and O–H groups in total. The molecule has 4 rings (SSSR count). The quantitative estimate of drug-likeness (QED) is 0.446. The molecule has 3 aromatic rings. The molecule has 0 saturated carbocycles. The number of nitrogens with one attached hydrogen (secondary N) is 2. The number of hydrogen-bond acceptors (Lipinski definition) is 8. The molecule has 38 heavy (non-hydrogen) atoms. The molecule has 1 aromatic heterocycles. The van der Waals surface area contributed by atoms with Crippen molar-refractivity contribution in [1.82, 2.24) is 9.97 Å². The van der Waals surface area contributed by atoms with Crippen LogP contribution in [-0.4, -0.2) is 54.4 Å². The van der Waals surface area contributed by atoms with Gasteiger partial charge in [-0.25, -0.2) is 19.2 Å². The summed E-state index contributed by atoms with van der Waals surface area (Å²) in [5.41, 5.74) is 8.37. The maximum absolute atomic E-state index is 15.1. The topological polar surface area (TPSA) is 157 Å². The largest absolute Gasteiger partial charge is 0.378 e. The van der Waals surface area contributed by atoms with E-state index in [1.165, 1.54) is 18.2 Å². The minimum atomic E-state index is -0.558. The number of aryl methyl sites for hydroxylation is 1. The molecule has 2 aromatic carbocycles. The van der Waals surface area contributed by atoms with E-state index in [-0.39, 0.29) is 17.4 Å². The summed E-state index contributed by atoms with van der Waals surface area (Å²) >= 11 is 0. The standard InChI is InChI=1S/C25H27FN6O3.CO2/c1-3-21-15(2)24(32-10-12-35-13-11-32)31-23(30-21)19-9-8-18(14-20(19)26)29-25(34)28-17-6-4-16(5-7-17)22(27)33;2-1-3/h4-9,14H,3,10-13H2,1-2H3,(H2,27,33)(H2,28,29,34);. The maximum atomic E-state index is 15.1. The Hall–Kier alpha value is -4.67. The Morgan fingerprint density at radius 1 is 1.05 bits per heavy atom. The number of nitrogens with two attached hydrogens (primary N) is 1. The first-order chi connectivity index (χ1) is 18.3. The molecule has 1 saturated heterocycles. The van der Waals surface area contributed by atoms with E-state index in [0.717, 1.165) is 17.1 Å². The number of nitrogens with zero attached hydrogens (tertiary/aromatic N) is 3. The number of morpholine rings is 1. The lowest BCUT2D eigenvalue weighted by Gasteiger charge is -2.29. The Morgan fingerprint density at radius 2 is 1.66 bits per heavy atom. The number of halogens is 1. The highest BCUT2D eigenvalue weighted by molar-refractivity contribution is 6.00. The minimum Gasteiger partial charge on any atom is -0.378 e. The van der Waals surface area contributed by atoms with Gasteiger partial charge in [0.1, 0.15) is 11.6 Å². The van der Waals surface area contributed by atoms with E-state index >= 15 is 4.39 Å². The predicted octanol–water partition coefficient (Wildman–Crippen LogP) is 3.15. The third-order valence-corrected chi connectivity index (χ3v) is 5.76. The van der Waals surface area contributed by atoms with E-state index in [1.54, 1.807) is 24.3 Å². The molecule has 0 atom stereocenters. The lowest BCUT2D eigenvalue weighted by atomic mass is 10.1. The van der Waals surface area contributed by atoms with E-state index < -0.39 is 17.8 Å². The van der Waals surface area contributed by atoms with Gasteiger partial charge in [0.15, 0.2) is 5.82 Å². The minimum absolute atomic E-state index is 0.250. The Morgan fingerprint density at radius 3 is 2.24 bits per heavy atom. The van der Waals surface area contributed by atoms with Gasteiger partial charge in [-0.3, -0.25) is 4.79 Å². The Kier molecular flexibility index (Phi) is 9.58. The van der Waals surface area contributed by atoms with E-state index in [4.69, 9.17) is 20.1 Å². The molecular weight excluding hydrogens is 495 g/mol. The molecule has 12 heteroatoms. The fraction of sp³-hybridized carbons (Fsp3) is 0.269. The van der Waals surface area contributed by atoms with Crippen molar-refractivity contribution in [3.05, 3.63) is 65.1 Å². The van der Waals surface area contributed by atoms with Crippen LogP contribution in [0.3, 0.4) is 0 Å². The number of ether oxygens (including phenoxy) is 1. The van der Waals surface area contributed by atoms with Crippen LogP contribution in [-0.2, 0) is 20.7 Å². The Balaban J connectivity index is 0.00000127. The number of anilines is 3. The van der Waals surface area contributed by atoms with Gasteiger partial charge in [-0.2, -0.15) is 9.59 Å². The van der Waals surface area contributed by atoms with Crippen LogP contribution in [0.4, 0.5) is 26.4 Å². The average molecular weight is 523 g/mol. The van der Waals surface area contributed by atoms with Crippen LogP contribution in [0.25, 0.3) is 11.4 Å². The van der Waals surface area contributed by atoms with Crippen LogP contribution in [0.15, 0.2) is 42.5 Å². The summed E-state index contributed by atoms with van der Waals surface area (Å²) in [4.78, 5) is 51.2. The highest BCUT2D eigenvalue weighted by Gasteiger charge is 2.20. The number of benzene rings is 2. The van der Waals surface area contributed by atoms with Crippen LogP contribution < -0.4 is 21.3 Å². The van der Waals surface area contributed by atoms with Gasteiger partial charge in [0.25, 0.3) is 0 Å². The fourth-order valence-corrected chi connectivity index (χ4v) is 3.88. The van der Waals surface area contributed by atoms with E-state index in [1.807, 2.05) is 13.8 Å². The molecular formula is C26H27FN6O5. The third kappa shape index (κ3) is 6.96. The van der Waals surface area contributed by atoms with Crippen LogP contribution in [0.2, 0.25) is 0 Å². The van der Waals surface area contributed by atoms with Crippen molar-refractivity contribution in [2.24, 2.45) is 5.73 Å². The zero-order chi connectivity index (χ0) is 27.7. The van der Waals surface area contributed by atoms with Gasteiger partial charge in [-0.1, -0.05) is 6.92 Å². The molecule has 198 valence electrons.